The van der Waals surface area contributed by atoms with E-state index in [0.29, 0.717) is 43.9 Å². The molecule has 1 fully saturated rings. The number of likely N-dealkylation sites (tertiary alicyclic amines) is 1. The highest BCUT2D eigenvalue weighted by molar-refractivity contribution is 5.94. The Morgan fingerprint density at radius 3 is 2.69 bits per heavy atom. The van der Waals surface area contributed by atoms with Gasteiger partial charge in [-0.25, -0.2) is 9.67 Å². The van der Waals surface area contributed by atoms with Crippen LogP contribution in [-0.2, 0) is 6.54 Å². The number of piperidine rings is 1. The zero-order valence-corrected chi connectivity index (χ0v) is 20.0. The maximum atomic E-state index is 12.9. The van der Waals surface area contributed by atoms with Crippen molar-refractivity contribution in [2.75, 3.05) is 13.1 Å². The SMILES string of the molecule is Cc1ccc(C)c(Cn2nnc3c(=O)[nH]c(C4CCN(C(=O)c5cccc([N+](=O)[O-])c5)CC4)nc32)c1. The van der Waals surface area contributed by atoms with E-state index in [1.807, 2.05) is 13.8 Å². The summed E-state index contributed by atoms with van der Waals surface area (Å²) in [5.41, 5.74) is 3.81. The van der Waals surface area contributed by atoms with E-state index in [4.69, 9.17) is 4.98 Å². The first-order valence-electron chi connectivity index (χ1n) is 11.7. The van der Waals surface area contributed by atoms with Crippen LogP contribution in [-0.4, -0.2) is 53.8 Å². The van der Waals surface area contributed by atoms with Crippen LogP contribution in [0.1, 0.15) is 51.6 Å². The third-order valence-corrected chi connectivity index (χ3v) is 6.69. The lowest BCUT2D eigenvalue weighted by Crippen LogP contribution is -2.38. The fourth-order valence-corrected chi connectivity index (χ4v) is 4.61. The molecule has 2 aromatic heterocycles. The summed E-state index contributed by atoms with van der Waals surface area (Å²) in [4.78, 5) is 45.4. The van der Waals surface area contributed by atoms with Crippen molar-refractivity contribution in [2.24, 2.45) is 0 Å². The van der Waals surface area contributed by atoms with E-state index in [-0.39, 0.29) is 34.2 Å². The summed E-state index contributed by atoms with van der Waals surface area (Å²) < 4.78 is 1.65. The van der Waals surface area contributed by atoms with Crippen LogP contribution in [0.25, 0.3) is 11.2 Å². The number of non-ortho nitro benzene ring substituents is 1. The van der Waals surface area contributed by atoms with Gasteiger partial charge in [0.05, 0.1) is 11.5 Å². The molecule has 11 nitrogen and oxygen atoms in total. The van der Waals surface area contributed by atoms with Crippen LogP contribution in [0.5, 0.6) is 0 Å². The summed E-state index contributed by atoms with van der Waals surface area (Å²) >= 11 is 0. The quantitative estimate of drug-likeness (QED) is 0.337. The number of nitrogens with zero attached hydrogens (tertiary/aromatic N) is 6. The molecule has 1 N–H and O–H groups in total. The third-order valence-electron chi connectivity index (χ3n) is 6.69. The van der Waals surface area contributed by atoms with Gasteiger partial charge in [0.2, 0.25) is 0 Å². The lowest BCUT2D eigenvalue weighted by Gasteiger charge is -2.31. The van der Waals surface area contributed by atoms with Gasteiger partial charge >= 0.3 is 0 Å². The van der Waals surface area contributed by atoms with Gasteiger partial charge < -0.3 is 9.88 Å². The monoisotopic (exact) mass is 487 g/mol. The van der Waals surface area contributed by atoms with Gasteiger partial charge in [0.25, 0.3) is 17.2 Å². The molecule has 3 heterocycles. The molecular formula is C25H25N7O4. The van der Waals surface area contributed by atoms with Crippen LogP contribution >= 0.6 is 0 Å². The average molecular weight is 488 g/mol. The number of H-pyrrole nitrogens is 1. The van der Waals surface area contributed by atoms with Gasteiger partial charge in [0.15, 0.2) is 11.2 Å². The molecule has 0 spiro atoms. The van der Waals surface area contributed by atoms with Crippen molar-refractivity contribution in [1.82, 2.24) is 29.9 Å². The minimum Gasteiger partial charge on any atom is -0.339 e. The number of rotatable bonds is 5. The van der Waals surface area contributed by atoms with Crippen LogP contribution in [0, 0.1) is 24.0 Å². The molecule has 11 heteroatoms. The number of benzene rings is 2. The standard InChI is InChI=1S/C25H25N7O4/c1-15-6-7-16(2)19(12-15)14-31-23-21(28-29-31)24(33)27-22(26-23)17-8-10-30(11-9-17)25(34)18-4-3-5-20(13-18)32(35)36/h3-7,12-13,17H,8-11,14H2,1-2H3,(H,26,27,33). The second kappa shape index (κ2) is 9.33. The van der Waals surface area contributed by atoms with E-state index in [2.05, 4.69) is 33.5 Å². The number of aromatic amines is 1. The topological polar surface area (TPSA) is 140 Å². The van der Waals surface area contributed by atoms with Gasteiger partial charge in [-0.05, 0) is 43.9 Å². The number of nitro groups is 1. The predicted molar refractivity (Wildman–Crippen MR) is 132 cm³/mol. The Hall–Kier alpha value is -4.41. The molecule has 5 rings (SSSR count). The number of hydrogen-bond acceptors (Lipinski definition) is 7. The number of nitrogens with one attached hydrogen (secondary N) is 1. The zero-order chi connectivity index (χ0) is 25.4. The first kappa shape index (κ1) is 23.3. The molecule has 0 unspecified atom stereocenters. The summed E-state index contributed by atoms with van der Waals surface area (Å²) in [6.07, 6.45) is 1.21. The van der Waals surface area contributed by atoms with E-state index in [1.165, 1.54) is 18.2 Å². The Balaban J connectivity index is 1.35. The summed E-state index contributed by atoms with van der Waals surface area (Å²) in [7, 11) is 0. The van der Waals surface area contributed by atoms with Gasteiger partial charge in [0, 0.05) is 36.7 Å². The van der Waals surface area contributed by atoms with Crippen molar-refractivity contribution < 1.29 is 9.72 Å². The van der Waals surface area contributed by atoms with Crippen LogP contribution in [0.2, 0.25) is 0 Å². The number of nitro benzene ring substituents is 1. The number of aryl methyl sites for hydroxylation is 2. The number of amides is 1. The second-order valence-corrected chi connectivity index (χ2v) is 9.17. The van der Waals surface area contributed by atoms with Crippen molar-refractivity contribution in [3.63, 3.8) is 0 Å². The Morgan fingerprint density at radius 2 is 1.94 bits per heavy atom. The lowest BCUT2D eigenvalue weighted by molar-refractivity contribution is -0.384. The van der Waals surface area contributed by atoms with Crippen molar-refractivity contribution in [1.29, 1.82) is 0 Å². The van der Waals surface area contributed by atoms with Gasteiger partial charge in [-0.3, -0.25) is 19.7 Å². The van der Waals surface area contributed by atoms with Crippen LogP contribution in [0.4, 0.5) is 5.69 Å². The van der Waals surface area contributed by atoms with Crippen molar-refractivity contribution in [3.05, 3.63) is 91.0 Å². The van der Waals surface area contributed by atoms with Gasteiger partial charge in [-0.15, -0.1) is 5.10 Å². The predicted octanol–water partition coefficient (Wildman–Crippen LogP) is 3.11. The third kappa shape index (κ3) is 4.47. The van der Waals surface area contributed by atoms with E-state index in [9.17, 15) is 19.7 Å². The Morgan fingerprint density at radius 1 is 1.17 bits per heavy atom. The minimum absolute atomic E-state index is 0.0414. The molecule has 4 aromatic rings. The first-order chi connectivity index (χ1) is 17.3. The number of aromatic nitrogens is 5. The molecule has 0 atom stereocenters. The Labute approximate surface area is 205 Å². The molecular weight excluding hydrogens is 462 g/mol. The number of carbonyl (C=O) groups is 1. The average Bonchev–Trinajstić information content (AvgIpc) is 3.29. The largest absolute Gasteiger partial charge is 0.339 e. The molecule has 0 saturated carbocycles. The summed E-state index contributed by atoms with van der Waals surface area (Å²) in [5.74, 6) is 0.268. The summed E-state index contributed by atoms with van der Waals surface area (Å²) in [6, 6.07) is 11.9. The molecule has 1 amide bonds. The molecule has 0 aliphatic carbocycles. The van der Waals surface area contributed by atoms with Gasteiger partial charge in [0.1, 0.15) is 5.82 Å². The summed E-state index contributed by atoms with van der Waals surface area (Å²) in [6.45, 7) is 5.42. The van der Waals surface area contributed by atoms with E-state index >= 15 is 0 Å². The molecule has 1 aliphatic heterocycles. The fraction of sp³-hybridized carbons (Fsp3) is 0.320. The lowest BCUT2D eigenvalue weighted by atomic mass is 9.95. The normalized spacial score (nSPS) is 14.3. The van der Waals surface area contributed by atoms with Crippen molar-refractivity contribution in [3.8, 4) is 0 Å². The maximum Gasteiger partial charge on any atom is 0.281 e. The molecule has 1 aliphatic rings. The summed E-state index contributed by atoms with van der Waals surface area (Å²) in [5, 5.41) is 19.3. The molecule has 0 bridgehead atoms. The maximum absolute atomic E-state index is 12.9. The van der Waals surface area contributed by atoms with E-state index in [1.54, 1.807) is 15.6 Å². The Kier molecular flexibility index (Phi) is 6.05. The van der Waals surface area contributed by atoms with Gasteiger partial charge in [-0.1, -0.05) is 35.0 Å². The van der Waals surface area contributed by atoms with Gasteiger partial charge in [-0.2, -0.15) is 0 Å². The zero-order valence-electron chi connectivity index (χ0n) is 20.0. The smallest absolute Gasteiger partial charge is 0.281 e. The van der Waals surface area contributed by atoms with Crippen molar-refractivity contribution >= 4 is 22.8 Å². The van der Waals surface area contributed by atoms with Crippen LogP contribution in [0.15, 0.2) is 47.3 Å². The van der Waals surface area contributed by atoms with Crippen molar-refractivity contribution in [2.45, 2.75) is 39.2 Å². The first-order valence-corrected chi connectivity index (χ1v) is 11.7. The highest BCUT2D eigenvalue weighted by atomic mass is 16.6. The number of fused-ring (bicyclic) bond motifs is 1. The highest BCUT2D eigenvalue weighted by Gasteiger charge is 2.27. The minimum atomic E-state index is -0.513. The highest BCUT2D eigenvalue weighted by Crippen LogP contribution is 2.27. The Bertz CT molecular complexity index is 1530. The molecule has 1 saturated heterocycles. The number of carbonyl (C=O) groups excluding carboxylic acids is 1. The number of hydrogen-bond donors (Lipinski definition) is 1. The second-order valence-electron chi connectivity index (χ2n) is 9.17. The van der Waals surface area contributed by atoms with E-state index < -0.39 is 4.92 Å². The molecule has 2 aromatic carbocycles. The van der Waals surface area contributed by atoms with Crippen LogP contribution < -0.4 is 5.56 Å². The fourth-order valence-electron chi connectivity index (χ4n) is 4.61. The molecule has 184 valence electrons. The molecule has 0 radical (unpaired) electrons. The van der Waals surface area contributed by atoms with Crippen LogP contribution in [0.3, 0.4) is 0 Å². The molecule has 36 heavy (non-hydrogen) atoms. The van der Waals surface area contributed by atoms with E-state index in [0.717, 1.165) is 16.7 Å².